The van der Waals surface area contributed by atoms with Gasteiger partial charge in [0.25, 0.3) is 0 Å². The van der Waals surface area contributed by atoms with E-state index in [0.29, 0.717) is 35.1 Å². The van der Waals surface area contributed by atoms with Crippen molar-refractivity contribution in [3.63, 3.8) is 0 Å². The Kier molecular flexibility index (Phi) is 5.07. The fourth-order valence-corrected chi connectivity index (χ4v) is 5.35. The molecule has 0 radical (unpaired) electrons. The van der Waals surface area contributed by atoms with Gasteiger partial charge in [-0.2, -0.15) is 0 Å². The normalized spacial score (nSPS) is 14.7. The van der Waals surface area contributed by atoms with Crippen LogP contribution in [0.3, 0.4) is 0 Å². The van der Waals surface area contributed by atoms with Gasteiger partial charge < -0.3 is 24.5 Å². The molecule has 0 amide bonds. The topological polar surface area (TPSA) is 87.5 Å². The summed E-state index contributed by atoms with van der Waals surface area (Å²) in [6.07, 6.45) is 3.28. The van der Waals surface area contributed by atoms with Gasteiger partial charge in [-0.05, 0) is 73.0 Å². The molecule has 3 heterocycles. The van der Waals surface area contributed by atoms with E-state index >= 15 is 0 Å². The monoisotopic (exact) mass is 470 g/mol. The van der Waals surface area contributed by atoms with E-state index in [1.807, 2.05) is 12.1 Å². The van der Waals surface area contributed by atoms with Crippen LogP contribution in [0.1, 0.15) is 34.8 Å². The minimum Gasteiger partial charge on any atom is -0.507 e. The molecule has 1 aliphatic heterocycles. The quantitative estimate of drug-likeness (QED) is 0.291. The number of hydrogen-bond acceptors (Lipinski definition) is 3. The van der Waals surface area contributed by atoms with Crippen LogP contribution in [-0.2, 0) is 4.74 Å². The van der Waals surface area contributed by atoms with Crippen LogP contribution < -0.4 is 0 Å². The molecule has 0 unspecified atom stereocenters. The average molecular weight is 471 g/mol. The van der Waals surface area contributed by atoms with E-state index in [1.165, 1.54) is 12.1 Å². The van der Waals surface area contributed by atoms with E-state index in [2.05, 4.69) is 9.55 Å². The summed E-state index contributed by atoms with van der Waals surface area (Å²) in [7, 11) is 0. The van der Waals surface area contributed by atoms with Crippen LogP contribution in [0.4, 0.5) is 4.39 Å². The van der Waals surface area contributed by atoms with Crippen molar-refractivity contribution in [2.75, 3.05) is 13.2 Å². The molecule has 6 rings (SSSR count). The first kappa shape index (κ1) is 21.4. The number of aromatic amines is 1. The smallest absolute Gasteiger partial charge is 0.336 e. The second-order valence-corrected chi connectivity index (χ2v) is 8.90. The zero-order valence-corrected chi connectivity index (χ0v) is 18.8. The number of H-pyrrole nitrogens is 1. The molecular formula is C28H23FN2O4. The minimum atomic E-state index is -1.02. The number of aromatic hydroxyl groups is 1. The van der Waals surface area contributed by atoms with Gasteiger partial charge in [-0.15, -0.1) is 0 Å². The third kappa shape index (κ3) is 3.47. The maximum atomic E-state index is 13.8. The van der Waals surface area contributed by atoms with Crippen LogP contribution in [0, 0.1) is 5.82 Å². The van der Waals surface area contributed by atoms with E-state index in [9.17, 15) is 19.4 Å². The Morgan fingerprint density at radius 1 is 1.06 bits per heavy atom. The summed E-state index contributed by atoms with van der Waals surface area (Å²) in [6, 6.07) is 17.0. The lowest BCUT2D eigenvalue weighted by molar-refractivity contribution is 0.0699. The first-order valence-electron chi connectivity index (χ1n) is 11.6. The molecule has 1 aliphatic rings. The number of carbonyl (C=O) groups is 1. The van der Waals surface area contributed by atoms with Gasteiger partial charge in [-0.25, -0.2) is 9.18 Å². The molecule has 3 N–H and O–H groups in total. The molecule has 176 valence electrons. The number of nitrogens with one attached hydrogen (secondary N) is 1. The largest absolute Gasteiger partial charge is 0.507 e. The lowest BCUT2D eigenvalue weighted by atomic mass is 9.89. The van der Waals surface area contributed by atoms with Crippen LogP contribution in [-0.4, -0.2) is 38.9 Å². The predicted octanol–water partition coefficient (Wildman–Crippen LogP) is 6.22. The second-order valence-electron chi connectivity index (χ2n) is 8.90. The van der Waals surface area contributed by atoms with Gasteiger partial charge in [0.15, 0.2) is 0 Å². The number of fused-ring (bicyclic) bond motifs is 2. The number of aromatic nitrogens is 2. The van der Waals surface area contributed by atoms with Crippen LogP contribution >= 0.6 is 0 Å². The van der Waals surface area contributed by atoms with Crippen molar-refractivity contribution in [2.24, 2.45) is 0 Å². The van der Waals surface area contributed by atoms with Crippen molar-refractivity contribution in [2.45, 2.75) is 18.8 Å². The first-order valence-corrected chi connectivity index (χ1v) is 11.6. The highest BCUT2D eigenvalue weighted by molar-refractivity contribution is 6.09. The van der Waals surface area contributed by atoms with Gasteiger partial charge in [-0.3, -0.25) is 0 Å². The zero-order valence-electron chi connectivity index (χ0n) is 18.8. The Bertz CT molecular complexity index is 1580. The maximum absolute atomic E-state index is 13.8. The van der Waals surface area contributed by atoms with E-state index in [1.54, 1.807) is 42.6 Å². The van der Waals surface area contributed by atoms with Crippen LogP contribution in [0.25, 0.3) is 38.6 Å². The van der Waals surface area contributed by atoms with Crippen molar-refractivity contribution >= 4 is 27.8 Å². The minimum absolute atomic E-state index is 0.100. The standard InChI is InChI=1S/C28H23FN2O4/c29-18-4-6-19(7-5-18)31-23-2-1-3-24(32)26(23)25(27(31)16-9-12-35-13-10-16)17-14-21(28(33)34)20-8-11-30-22(20)15-17/h1-8,11,14-16,30,32H,9-10,12-13H2,(H,33,34). The Hall–Kier alpha value is -4.10. The third-order valence-electron chi connectivity index (χ3n) is 6.89. The molecular weight excluding hydrogens is 447 g/mol. The Balaban J connectivity index is 1.75. The summed E-state index contributed by atoms with van der Waals surface area (Å²) >= 11 is 0. The van der Waals surface area contributed by atoms with Crippen LogP contribution in [0.5, 0.6) is 5.75 Å². The number of rotatable bonds is 4. The zero-order chi connectivity index (χ0) is 24.1. The van der Waals surface area contributed by atoms with Crippen molar-refractivity contribution in [1.82, 2.24) is 9.55 Å². The number of carboxylic acid groups (broad SMARTS) is 1. The highest BCUT2D eigenvalue weighted by atomic mass is 19.1. The summed E-state index contributed by atoms with van der Waals surface area (Å²) in [5.74, 6) is -1.14. The average Bonchev–Trinajstić information content (AvgIpc) is 3.48. The molecule has 1 fully saturated rings. The Labute approximate surface area is 200 Å². The summed E-state index contributed by atoms with van der Waals surface area (Å²) < 4.78 is 21.5. The molecule has 2 aromatic heterocycles. The predicted molar refractivity (Wildman–Crippen MR) is 132 cm³/mol. The Morgan fingerprint density at radius 2 is 1.83 bits per heavy atom. The number of ether oxygens (including phenoxy) is 1. The lowest BCUT2D eigenvalue weighted by Gasteiger charge is -2.26. The molecule has 0 atom stereocenters. The van der Waals surface area contributed by atoms with Crippen molar-refractivity contribution in [3.8, 4) is 22.6 Å². The fourth-order valence-electron chi connectivity index (χ4n) is 5.35. The van der Waals surface area contributed by atoms with E-state index in [4.69, 9.17) is 4.74 Å². The number of hydrogen-bond donors (Lipinski definition) is 3. The van der Waals surface area contributed by atoms with Gasteiger partial charge in [0.05, 0.1) is 11.1 Å². The van der Waals surface area contributed by atoms with E-state index in [0.717, 1.165) is 35.3 Å². The summed E-state index contributed by atoms with van der Waals surface area (Å²) in [5.41, 5.74) is 4.88. The molecule has 0 aliphatic carbocycles. The number of halogens is 1. The van der Waals surface area contributed by atoms with Gasteiger partial charge >= 0.3 is 5.97 Å². The number of carboxylic acids is 1. The number of nitrogens with zero attached hydrogens (tertiary/aromatic N) is 1. The molecule has 6 nitrogen and oxygen atoms in total. The molecule has 5 aromatic rings. The molecule has 0 saturated carbocycles. The van der Waals surface area contributed by atoms with Crippen LogP contribution in [0.15, 0.2) is 66.9 Å². The van der Waals surface area contributed by atoms with E-state index in [-0.39, 0.29) is 23.0 Å². The molecule has 7 heteroatoms. The number of aromatic carboxylic acids is 1. The first-order chi connectivity index (χ1) is 17.0. The lowest BCUT2D eigenvalue weighted by Crippen LogP contribution is -2.17. The SMILES string of the molecule is O=C(O)c1cc(-c2c(C3CCOCC3)n(-c3ccc(F)cc3)c3cccc(O)c23)cc2[nH]ccc12. The number of phenols is 1. The van der Waals surface area contributed by atoms with Gasteiger partial charge in [0, 0.05) is 58.6 Å². The highest BCUT2D eigenvalue weighted by Crippen LogP contribution is 2.47. The summed E-state index contributed by atoms with van der Waals surface area (Å²) in [6.45, 7) is 1.22. The molecule has 0 spiro atoms. The molecule has 0 bridgehead atoms. The van der Waals surface area contributed by atoms with Crippen molar-refractivity contribution in [1.29, 1.82) is 0 Å². The van der Waals surface area contributed by atoms with Gasteiger partial charge in [0.1, 0.15) is 11.6 Å². The Morgan fingerprint density at radius 3 is 2.57 bits per heavy atom. The van der Waals surface area contributed by atoms with Crippen molar-refractivity contribution in [3.05, 3.63) is 83.9 Å². The highest BCUT2D eigenvalue weighted by Gasteiger charge is 2.29. The summed E-state index contributed by atoms with van der Waals surface area (Å²) in [5, 5.41) is 22.3. The maximum Gasteiger partial charge on any atom is 0.336 e. The number of phenolic OH excluding ortho intramolecular Hbond substituents is 1. The third-order valence-corrected chi connectivity index (χ3v) is 6.89. The van der Waals surface area contributed by atoms with Gasteiger partial charge in [-0.1, -0.05) is 6.07 Å². The number of benzene rings is 3. The summed E-state index contributed by atoms with van der Waals surface area (Å²) in [4.78, 5) is 15.3. The molecule has 3 aromatic carbocycles. The van der Waals surface area contributed by atoms with E-state index < -0.39 is 5.97 Å². The molecule has 35 heavy (non-hydrogen) atoms. The van der Waals surface area contributed by atoms with Crippen molar-refractivity contribution < 1.29 is 24.1 Å². The fraction of sp³-hybridized carbons (Fsp3) is 0.179. The second kappa shape index (κ2) is 8.29. The van der Waals surface area contributed by atoms with Crippen LogP contribution in [0.2, 0.25) is 0 Å². The van der Waals surface area contributed by atoms with Gasteiger partial charge in [0.2, 0.25) is 0 Å². The molecule has 1 saturated heterocycles.